The van der Waals surface area contributed by atoms with Gasteiger partial charge in [-0.15, -0.1) is 0 Å². The molecule has 1 nitrogen and oxygen atoms in total. The summed E-state index contributed by atoms with van der Waals surface area (Å²) in [5.41, 5.74) is 1.58. The van der Waals surface area contributed by atoms with Crippen molar-refractivity contribution in [1.82, 2.24) is 5.32 Å². The van der Waals surface area contributed by atoms with Crippen LogP contribution in [0.2, 0.25) is 10.0 Å². The van der Waals surface area contributed by atoms with Crippen LogP contribution in [0.3, 0.4) is 0 Å². The molecule has 0 aliphatic rings. The zero-order valence-electron chi connectivity index (χ0n) is 9.59. The van der Waals surface area contributed by atoms with Crippen molar-refractivity contribution in [2.75, 3.05) is 0 Å². The first kappa shape index (κ1) is 13.3. The van der Waals surface area contributed by atoms with Crippen LogP contribution in [0, 0.1) is 5.82 Å². The van der Waals surface area contributed by atoms with Gasteiger partial charge in [0.05, 0.1) is 0 Å². The maximum Gasteiger partial charge on any atom is 0.127 e. The lowest BCUT2D eigenvalue weighted by molar-refractivity contribution is 0.588. The third-order valence-electron chi connectivity index (χ3n) is 2.60. The molecule has 0 amide bonds. The first-order chi connectivity index (χ1) is 8.66. The Bertz CT molecular complexity index is 543. The number of rotatable bonds is 4. The van der Waals surface area contributed by atoms with Crippen molar-refractivity contribution in [3.8, 4) is 0 Å². The first-order valence-electron chi connectivity index (χ1n) is 5.55. The van der Waals surface area contributed by atoms with Crippen LogP contribution < -0.4 is 5.32 Å². The molecule has 18 heavy (non-hydrogen) atoms. The van der Waals surface area contributed by atoms with Crippen molar-refractivity contribution in [3.63, 3.8) is 0 Å². The fraction of sp³-hybridized carbons (Fsp3) is 0.143. The predicted molar refractivity (Wildman–Crippen MR) is 73.4 cm³/mol. The third-order valence-corrected chi connectivity index (χ3v) is 3.19. The summed E-state index contributed by atoms with van der Waals surface area (Å²) in [7, 11) is 0. The third kappa shape index (κ3) is 3.45. The van der Waals surface area contributed by atoms with Crippen molar-refractivity contribution in [3.05, 3.63) is 69.5 Å². The number of halogens is 3. The second-order valence-electron chi connectivity index (χ2n) is 3.93. The molecule has 0 aliphatic carbocycles. The fourth-order valence-corrected chi connectivity index (χ4v) is 2.11. The second-order valence-corrected chi connectivity index (χ2v) is 4.77. The monoisotopic (exact) mass is 283 g/mol. The van der Waals surface area contributed by atoms with Gasteiger partial charge in [0.1, 0.15) is 5.82 Å². The Hall–Kier alpha value is -1.09. The summed E-state index contributed by atoms with van der Waals surface area (Å²) in [4.78, 5) is 0. The Kier molecular flexibility index (Phi) is 4.59. The van der Waals surface area contributed by atoms with Gasteiger partial charge in [-0.2, -0.15) is 0 Å². The molecule has 0 saturated carbocycles. The maximum atomic E-state index is 13.4. The van der Waals surface area contributed by atoms with Crippen molar-refractivity contribution >= 4 is 23.2 Å². The maximum absolute atomic E-state index is 13.4. The van der Waals surface area contributed by atoms with Gasteiger partial charge < -0.3 is 5.32 Å². The van der Waals surface area contributed by atoms with Gasteiger partial charge in [0, 0.05) is 28.7 Å². The van der Waals surface area contributed by atoms with Crippen LogP contribution in [0.4, 0.5) is 4.39 Å². The molecule has 2 rings (SSSR count). The highest BCUT2D eigenvalue weighted by Crippen LogP contribution is 2.20. The number of benzene rings is 2. The summed E-state index contributed by atoms with van der Waals surface area (Å²) in [6, 6.07) is 12.0. The molecule has 0 aromatic heterocycles. The average molecular weight is 284 g/mol. The lowest BCUT2D eigenvalue weighted by atomic mass is 10.2. The minimum Gasteiger partial charge on any atom is -0.308 e. The van der Waals surface area contributed by atoms with Gasteiger partial charge in [-0.05, 0) is 23.8 Å². The molecule has 0 unspecified atom stereocenters. The molecule has 2 aromatic carbocycles. The van der Waals surface area contributed by atoms with Gasteiger partial charge in [0.2, 0.25) is 0 Å². The van der Waals surface area contributed by atoms with Crippen molar-refractivity contribution in [2.24, 2.45) is 0 Å². The first-order valence-corrected chi connectivity index (χ1v) is 6.30. The zero-order valence-corrected chi connectivity index (χ0v) is 11.1. The molecule has 94 valence electrons. The summed E-state index contributed by atoms with van der Waals surface area (Å²) < 4.78 is 13.4. The largest absolute Gasteiger partial charge is 0.308 e. The normalized spacial score (nSPS) is 10.6. The summed E-state index contributed by atoms with van der Waals surface area (Å²) in [5.74, 6) is -0.202. The van der Waals surface area contributed by atoms with Crippen LogP contribution in [0.5, 0.6) is 0 Å². The summed E-state index contributed by atoms with van der Waals surface area (Å²) >= 11 is 11.9. The van der Waals surface area contributed by atoms with E-state index in [0.717, 1.165) is 5.56 Å². The minimum atomic E-state index is -0.202. The minimum absolute atomic E-state index is 0.202. The van der Waals surface area contributed by atoms with E-state index in [-0.39, 0.29) is 5.82 Å². The van der Waals surface area contributed by atoms with Crippen LogP contribution in [-0.2, 0) is 13.1 Å². The van der Waals surface area contributed by atoms with Gasteiger partial charge >= 0.3 is 0 Å². The molecule has 0 spiro atoms. The Morgan fingerprint density at radius 1 is 0.944 bits per heavy atom. The smallest absolute Gasteiger partial charge is 0.127 e. The van der Waals surface area contributed by atoms with Crippen LogP contribution >= 0.6 is 23.2 Å². The summed E-state index contributed by atoms with van der Waals surface area (Å²) in [6.07, 6.45) is 0. The van der Waals surface area contributed by atoms with Gasteiger partial charge in [-0.3, -0.25) is 0 Å². The van der Waals surface area contributed by atoms with E-state index in [9.17, 15) is 4.39 Å². The summed E-state index contributed by atoms with van der Waals surface area (Å²) in [6.45, 7) is 1.04. The highest BCUT2D eigenvalue weighted by atomic mass is 35.5. The molecule has 4 heteroatoms. The Balaban J connectivity index is 1.95. The quantitative estimate of drug-likeness (QED) is 0.876. The Morgan fingerprint density at radius 2 is 1.67 bits per heavy atom. The highest BCUT2D eigenvalue weighted by Gasteiger charge is 2.03. The van der Waals surface area contributed by atoms with Crippen molar-refractivity contribution < 1.29 is 4.39 Å². The predicted octanol–water partition coefficient (Wildman–Crippen LogP) is 4.42. The molecule has 0 radical (unpaired) electrons. The number of hydrogen-bond acceptors (Lipinski definition) is 1. The van der Waals surface area contributed by atoms with E-state index in [0.29, 0.717) is 28.7 Å². The molecule has 0 atom stereocenters. The summed E-state index contributed by atoms with van der Waals surface area (Å²) in [5, 5.41) is 4.38. The standard InChI is InChI=1S/C14H12Cl2FN/c15-12-6-5-10(13(16)7-12)8-18-9-11-3-1-2-4-14(11)17/h1-7,18H,8-9H2. The van der Waals surface area contributed by atoms with Crippen LogP contribution in [0.1, 0.15) is 11.1 Å². The van der Waals surface area contributed by atoms with Crippen LogP contribution in [0.25, 0.3) is 0 Å². The van der Waals surface area contributed by atoms with E-state index in [2.05, 4.69) is 5.32 Å². The number of nitrogens with one attached hydrogen (secondary N) is 1. The van der Waals surface area contributed by atoms with E-state index < -0.39 is 0 Å². The van der Waals surface area contributed by atoms with Crippen LogP contribution in [0.15, 0.2) is 42.5 Å². The van der Waals surface area contributed by atoms with E-state index >= 15 is 0 Å². The van der Waals surface area contributed by atoms with Crippen molar-refractivity contribution in [2.45, 2.75) is 13.1 Å². The van der Waals surface area contributed by atoms with E-state index in [1.54, 1.807) is 24.3 Å². The SMILES string of the molecule is Fc1ccccc1CNCc1ccc(Cl)cc1Cl. The molecule has 0 bridgehead atoms. The van der Waals surface area contributed by atoms with E-state index in [1.165, 1.54) is 6.07 Å². The number of hydrogen-bond donors (Lipinski definition) is 1. The second kappa shape index (κ2) is 6.19. The fourth-order valence-electron chi connectivity index (χ4n) is 1.64. The van der Waals surface area contributed by atoms with E-state index in [4.69, 9.17) is 23.2 Å². The van der Waals surface area contributed by atoms with Crippen molar-refractivity contribution in [1.29, 1.82) is 0 Å². The molecule has 0 heterocycles. The lowest BCUT2D eigenvalue weighted by Crippen LogP contribution is -2.13. The molecular weight excluding hydrogens is 272 g/mol. The van der Waals surface area contributed by atoms with Gasteiger partial charge in [-0.25, -0.2) is 4.39 Å². The van der Waals surface area contributed by atoms with Crippen LogP contribution in [-0.4, -0.2) is 0 Å². The molecule has 1 N–H and O–H groups in total. The molecule has 0 fully saturated rings. The van der Waals surface area contributed by atoms with E-state index in [1.807, 2.05) is 12.1 Å². The average Bonchev–Trinajstić information content (AvgIpc) is 2.34. The zero-order chi connectivity index (χ0) is 13.0. The van der Waals surface area contributed by atoms with Gasteiger partial charge in [0.25, 0.3) is 0 Å². The van der Waals surface area contributed by atoms with Gasteiger partial charge in [0.15, 0.2) is 0 Å². The lowest BCUT2D eigenvalue weighted by Gasteiger charge is -2.07. The highest BCUT2D eigenvalue weighted by molar-refractivity contribution is 6.35. The molecule has 0 saturated heterocycles. The van der Waals surface area contributed by atoms with Gasteiger partial charge in [-0.1, -0.05) is 47.5 Å². The Morgan fingerprint density at radius 3 is 2.39 bits per heavy atom. The molecule has 0 aliphatic heterocycles. The molecular formula is C14H12Cl2FN. The Labute approximate surface area is 116 Å². The molecule has 2 aromatic rings. The topological polar surface area (TPSA) is 12.0 Å².